The first kappa shape index (κ1) is 13.5. The van der Waals surface area contributed by atoms with Crippen molar-refractivity contribution in [1.29, 1.82) is 0 Å². The van der Waals surface area contributed by atoms with Crippen LogP contribution in [0.1, 0.15) is 44.7 Å². The van der Waals surface area contributed by atoms with Crippen molar-refractivity contribution >= 4 is 17.7 Å². The van der Waals surface area contributed by atoms with Gasteiger partial charge in [-0.3, -0.25) is 4.79 Å². The van der Waals surface area contributed by atoms with Gasteiger partial charge in [-0.25, -0.2) is 4.98 Å². The Morgan fingerprint density at radius 1 is 1.61 bits per heavy atom. The number of imidazole rings is 1. The number of hydrogen-bond donors (Lipinski definition) is 1. The van der Waals surface area contributed by atoms with Gasteiger partial charge in [0.25, 0.3) is 0 Å². The van der Waals surface area contributed by atoms with Crippen molar-refractivity contribution in [3.63, 3.8) is 0 Å². The molecule has 0 aromatic carbocycles. The topological polar surface area (TPSA) is 55.1 Å². The van der Waals surface area contributed by atoms with Crippen LogP contribution in [0.3, 0.4) is 0 Å². The fourth-order valence-corrected chi connectivity index (χ4v) is 2.75. The molecule has 18 heavy (non-hydrogen) atoms. The maximum absolute atomic E-state index is 10.6. The van der Waals surface area contributed by atoms with E-state index in [0.29, 0.717) is 5.92 Å². The van der Waals surface area contributed by atoms with Gasteiger partial charge in [0.2, 0.25) is 0 Å². The molecule has 5 heteroatoms. The molecule has 1 aromatic heterocycles. The van der Waals surface area contributed by atoms with E-state index < -0.39 is 5.97 Å². The van der Waals surface area contributed by atoms with Crippen LogP contribution in [0.4, 0.5) is 0 Å². The van der Waals surface area contributed by atoms with E-state index in [2.05, 4.69) is 23.4 Å². The lowest BCUT2D eigenvalue weighted by molar-refractivity contribution is -0.133. The van der Waals surface area contributed by atoms with Gasteiger partial charge in [0, 0.05) is 18.4 Å². The van der Waals surface area contributed by atoms with Crippen molar-refractivity contribution in [3.8, 4) is 0 Å². The number of carbonyl (C=O) groups is 1. The second-order valence-corrected chi connectivity index (χ2v) is 6.13. The van der Waals surface area contributed by atoms with Crippen molar-refractivity contribution < 1.29 is 9.90 Å². The van der Waals surface area contributed by atoms with Gasteiger partial charge in [-0.2, -0.15) is 0 Å². The standard InChI is InChI=1S/C13H20N2O2S/c1-9(2)11-7-14-13(18-8-12(16)17)15(11)6-5-10-3-4-10/h7,9-10H,3-6,8H2,1-2H3,(H,16,17). The Kier molecular flexibility index (Phi) is 4.32. The van der Waals surface area contributed by atoms with Gasteiger partial charge in [-0.1, -0.05) is 38.5 Å². The molecule has 1 saturated carbocycles. The quantitative estimate of drug-likeness (QED) is 0.772. The first-order chi connectivity index (χ1) is 8.58. The van der Waals surface area contributed by atoms with Gasteiger partial charge in [0.05, 0.1) is 5.75 Å². The fourth-order valence-electron chi connectivity index (χ4n) is 2.02. The average molecular weight is 268 g/mol. The minimum absolute atomic E-state index is 0.0813. The van der Waals surface area contributed by atoms with Crippen molar-refractivity contribution in [2.75, 3.05) is 5.75 Å². The first-order valence-electron chi connectivity index (χ1n) is 6.48. The predicted molar refractivity (Wildman–Crippen MR) is 72.0 cm³/mol. The SMILES string of the molecule is CC(C)c1cnc(SCC(=O)O)n1CCC1CC1. The van der Waals surface area contributed by atoms with Crippen molar-refractivity contribution in [3.05, 3.63) is 11.9 Å². The number of aliphatic carboxylic acids is 1. The molecule has 1 aliphatic carbocycles. The Balaban J connectivity index is 2.07. The molecule has 0 spiro atoms. The summed E-state index contributed by atoms with van der Waals surface area (Å²) in [6.45, 7) is 5.27. The Bertz CT molecular complexity index is 425. The summed E-state index contributed by atoms with van der Waals surface area (Å²) in [5.41, 5.74) is 1.21. The van der Waals surface area contributed by atoms with Gasteiger partial charge in [0.15, 0.2) is 5.16 Å². The molecular formula is C13H20N2O2S. The Hall–Kier alpha value is -0.970. The lowest BCUT2D eigenvalue weighted by atomic mass is 10.1. The molecule has 1 aromatic rings. The molecule has 1 aliphatic rings. The second kappa shape index (κ2) is 5.78. The summed E-state index contributed by atoms with van der Waals surface area (Å²) in [4.78, 5) is 15.0. The summed E-state index contributed by atoms with van der Waals surface area (Å²) in [5, 5.41) is 9.60. The summed E-state index contributed by atoms with van der Waals surface area (Å²) in [5.74, 6) is 0.598. The molecule has 100 valence electrons. The second-order valence-electron chi connectivity index (χ2n) is 5.19. The van der Waals surface area contributed by atoms with Crippen LogP contribution >= 0.6 is 11.8 Å². The number of thioether (sulfide) groups is 1. The lowest BCUT2D eigenvalue weighted by Gasteiger charge is -2.13. The summed E-state index contributed by atoms with van der Waals surface area (Å²) in [6.07, 6.45) is 5.78. The Labute approximate surface area is 112 Å². The predicted octanol–water partition coefficient (Wildman–Crippen LogP) is 2.98. The summed E-state index contributed by atoms with van der Waals surface area (Å²) in [7, 11) is 0. The lowest BCUT2D eigenvalue weighted by Crippen LogP contribution is -2.08. The number of hydrogen-bond acceptors (Lipinski definition) is 3. The zero-order chi connectivity index (χ0) is 13.1. The third-order valence-electron chi connectivity index (χ3n) is 3.22. The minimum Gasteiger partial charge on any atom is -0.481 e. The molecule has 2 rings (SSSR count). The maximum atomic E-state index is 10.6. The average Bonchev–Trinajstić information content (AvgIpc) is 3.03. The van der Waals surface area contributed by atoms with Gasteiger partial charge in [-0.15, -0.1) is 0 Å². The van der Waals surface area contributed by atoms with E-state index in [1.54, 1.807) is 0 Å². The van der Waals surface area contributed by atoms with Crippen molar-refractivity contribution in [1.82, 2.24) is 9.55 Å². The monoisotopic (exact) mass is 268 g/mol. The van der Waals surface area contributed by atoms with Crippen LogP contribution in [0, 0.1) is 5.92 Å². The van der Waals surface area contributed by atoms with E-state index in [1.165, 1.54) is 36.7 Å². The van der Waals surface area contributed by atoms with E-state index in [9.17, 15) is 4.79 Å². The van der Waals surface area contributed by atoms with E-state index in [-0.39, 0.29) is 5.75 Å². The molecule has 0 radical (unpaired) electrons. The number of rotatable bonds is 7. The van der Waals surface area contributed by atoms with Crippen LogP contribution in [-0.2, 0) is 11.3 Å². The van der Waals surface area contributed by atoms with E-state index in [4.69, 9.17) is 5.11 Å². The maximum Gasteiger partial charge on any atom is 0.313 e. The number of carboxylic acid groups (broad SMARTS) is 1. The highest BCUT2D eigenvalue weighted by Gasteiger charge is 2.22. The van der Waals surface area contributed by atoms with Crippen LogP contribution < -0.4 is 0 Å². The third-order valence-corrected chi connectivity index (χ3v) is 4.20. The molecule has 1 fully saturated rings. The number of aromatic nitrogens is 2. The third kappa shape index (κ3) is 3.51. The zero-order valence-electron chi connectivity index (χ0n) is 10.9. The van der Waals surface area contributed by atoms with Gasteiger partial charge in [-0.05, 0) is 18.3 Å². The van der Waals surface area contributed by atoms with Crippen molar-refractivity contribution in [2.45, 2.75) is 50.7 Å². The minimum atomic E-state index is -0.789. The van der Waals surface area contributed by atoms with Gasteiger partial charge in [0.1, 0.15) is 0 Å². The molecule has 4 nitrogen and oxygen atoms in total. The molecule has 1 N–H and O–H groups in total. The highest BCUT2D eigenvalue weighted by atomic mass is 32.2. The van der Waals surface area contributed by atoms with E-state index in [0.717, 1.165) is 17.6 Å². The van der Waals surface area contributed by atoms with E-state index in [1.807, 2.05) is 6.20 Å². The number of carboxylic acids is 1. The number of nitrogens with zero attached hydrogens (tertiary/aromatic N) is 2. The molecule has 0 bridgehead atoms. The molecule has 0 atom stereocenters. The van der Waals surface area contributed by atoms with Crippen LogP contribution in [0.5, 0.6) is 0 Å². The fraction of sp³-hybridized carbons (Fsp3) is 0.692. The van der Waals surface area contributed by atoms with Crippen LogP contribution in [-0.4, -0.2) is 26.4 Å². The van der Waals surface area contributed by atoms with Crippen molar-refractivity contribution in [2.24, 2.45) is 5.92 Å². The smallest absolute Gasteiger partial charge is 0.313 e. The molecular weight excluding hydrogens is 248 g/mol. The molecule has 0 aliphatic heterocycles. The largest absolute Gasteiger partial charge is 0.481 e. The van der Waals surface area contributed by atoms with Crippen LogP contribution in [0.25, 0.3) is 0 Å². The molecule has 0 unspecified atom stereocenters. The molecule has 0 saturated heterocycles. The highest BCUT2D eigenvalue weighted by Crippen LogP contribution is 2.34. The van der Waals surface area contributed by atoms with Crippen LogP contribution in [0.2, 0.25) is 0 Å². The highest BCUT2D eigenvalue weighted by molar-refractivity contribution is 7.99. The molecule has 0 amide bonds. The summed E-state index contributed by atoms with van der Waals surface area (Å²) >= 11 is 1.32. The first-order valence-corrected chi connectivity index (χ1v) is 7.46. The Morgan fingerprint density at radius 2 is 2.33 bits per heavy atom. The van der Waals surface area contributed by atoms with Gasteiger partial charge < -0.3 is 9.67 Å². The van der Waals surface area contributed by atoms with E-state index >= 15 is 0 Å². The normalized spacial score (nSPS) is 15.3. The zero-order valence-corrected chi connectivity index (χ0v) is 11.7. The Morgan fingerprint density at radius 3 is 2.89 bits per heavy atom. The van der Waals surface area contributed by atoms with Gasteiger partial charge >= 0.3 is 5.97 Å². The summed E-state index contributed by atoms with van der Waals surface area (Å²) in [6, 6.07) is 0. The molecule has 1 heterocycles. The van der Waals surface area contributed by atoms with Crippen LogP contribution in [0.15, 0.2) is 11.4 Å². The summed E-state index contributed by atoms with van der Waals surface area (Å²) < 4.78 is 2.20.